The summed E-state index contributed by atoms with van der Waals surface area (Å²) in [6.07, 6.45) is 3.21. The smallest absolute Gasteiger partial charge is 0.256 e. The fraction of sp³-hybridized carbons (Fsp3) is 0.353. The van der Waals surface area contributed by atoms with Crippen molar-refractivity contribution in [1.82, 2.24) is 29.6 Å². The molecular weight excluding hydrogens is 352 g/mol. The molecule has 0 saturated heterocycles. The lowest BCUT2D eigenvalue weighted by Crippen LogP contribution is -2.31. The number of hydrogen-bond donors (Lipinski definition) is 1. The first kappa shape index (κ1) is 18.1. The van der Waals surface area contributed by atoms with Crippen LogP contribution in [0.15, 0.2) is 34.6 Å². The zero-order chi connectivity index (χ0) is 18.7. The number of thioether (sulfide) groups is 1. The van der Waals surface area contributed by atoms with Crippen molar-refractivity contribution in [2.24, 2.45) is 7.05 Å². The van der Waals surface area contributed by atoms with Crippen molar-refractivity contribution >= 4 is 28.7 Å². The third kappa shape index (κ3) is 3.62. The summed E-state index contributed by atoms with van der Waals surface area (Å²) in [6.45, 7) is 4.87. The standard InChI is InChI=1S/C17H20N6O2S/c1-4-23-9-13(14(24)12-6-5-11(2)20-15(12)23)16(25)18-7-8-26-17-21-19-10-22(17)3/h5-6,9-10H,4,7-8H2,1-3H3,(H,18,25). The van der Waals surface area contributed by atoms with Crippen LogP contribution in [0.4, 0.5) is 0 Å². The molecule has 9 heteroatoms. The Bertz CT molecular complexity index is 1010. The van der Waals surface area contributed by atoms with Crippen molar-refractivity contribution in [3.8, 4) is 0 Å². The van der Waals surface area contributed by atoms with Crippen molar-refractivity contribution in [1.29, 1.82) is 0 Å². The van der Waals surface area contributed by atoms with Crippen LogP contribution in [0, 0.1) is 6.92 Å². The Kier molecular flexibility index (Phi) is 5.36. The van der Waals surface area contributed by atoms with Crippen LogP contribution in [0.5, 0.6) is 0 Å². The van der Waals surface area contributed by atoms with Crippen molar-refractivity contribution in [2.45, 2.75) is 25.5 Å². The Morgan fingerprint density at radius 2 is 2.15 bits per heavy atom. The van der Waals surface area contributed by atoms with Crippen LogP contribution in [0.3, 0.4) is 0 Å². The molecule has 0 bridgehead atoms. The van der Waals surface area contributed by atoms with Gasteiger partial charge in [-0.05, 0) is 26.0 Å². The molecule has 0 unspecified atom stereocenters. The summed E-state index contributed by atoms with van der Waals surface area (Å²) in [4.78, 5) is 29.6. The second kappa shape index (κ2) is 7.69. The number of pyridine rings is 2. The Hall–Kier alpha value is -2.68. The van der Waals surface area contributed by atoms with E-state index in [4.69, 9.17) is 0 Å². The molecule has 0 aliphatic heterocycles. The normalized spacial score (nSPS) is 11.0. The molecule has 1 amide bonds. The number of carbonyl (C=O) groups excluding carboxylic acids is 1. The fourth-order valence-electron chi connectivity index (χ4n) is 2.57. The zero-order valence-corrected chi connectivity index (χ0v) is 15.7. The number of nitrogens with zero attached hydrogens (tertiary/aromatic N) is 5. The average Bonchev–Trinajstić information content (AvgIpc) is 3.03. The minimum atomic E-state index is -0.377. The van der Waals surface area contributed by atoms with E-state index in [1.165, 1.54) is 11.8 Å². The van der Waals surface area contributed by atoms with Gasteiger partial charge in [0.15, 0.2) is 5.16 Å². The predicted molar refractivity (Wildman–Crippen MR) is 100 cm³/mol. The summed E-state index contributed by atoms with van der Waals surface area (Å²) in [5.41, 5.74) is 1.27. The molecule has 0 saturated carbocycles. The van der Waals surface area contributed by atoms with E-state index in [1.807, 2.05) is 30.0 Å². The largest absolute Gasteiger partial charge is 0.351 e. The molecule has 0 radical (unpaired) electrons. The van der Waals surface area contributed by atoms with Gasteiger partial charge in [-0.1, -0.05) is 11.8 Å². The van der Waals surface area contributed by atoms with Gasteiger partial charge in [-0.2, -0.15) is 0 Å². The first-order valence-corrected chi connectivity index (χ1v) is 9.25. The highest BCUT2D eigenvalue weighted by atomic mass is 32.2. The molecule has 136 valence electrons. The third-order valence-corrected chi connectivity index (χ3v) is 4.97. The average molecular weight is 372 g/mol. The van der Waals surface area contributed by atoms with Gasteiger partial charge in [0.1, 0.15) is 17.5 Å². The fourth-order valence-corrected chi connectivity index (χ4v) is 3.31. The molecule has 0 aliphatic rings. The quantitative estimate of drug-likeness (QED) is 0.519. The minimum absolute atomic E-state index is 0.133. The SMILES string of the molecule is CCn1cc(C(=O)NCCSc2nncn2C)c(=O)c2ccc(C)nc21. The molecule has 0 atom stereocenters. The molecule has 0 fully saturated rings. The predicted octanol–water partition coefficient (Wildman–Crippen LogP) is 1.38. The molecule has 0 spiro atoms. The van der Waals surface area contributed by atoms with Crippen LogP contribution in [0.1, 0.15) is 23.0 Å². The van der Waals surface area contributed by atoms with Crippen molar-refractivity contribution in [3.63, 3.8) is 0 Å². The molecule has 26 heavy (non-hydrogen) atoms. The zero-order valence-electron chi connectivity index (χ0n) is 14.9. The summed E-state index contributed by atoms with van der Waals surface area (Å²) in [6, 6.07) is 3.51. The molecule has 8 nitrogen and oxygen atoms in total. The molecule has 3 aromatic heterocycles. The van der Waals surface area contributed by atoms with Crippen LogP contribution in [-0.2, 0) is 13.6 Å². The molecule has 1 N–H and O–H groups in total. The van der Waals surface area contributed by atoms with Gasteiger partial charge in [-0.15, -0.1) is 10.2 Å². The van der Waals surface area contributed by atoms with Gasteiger partial charge in [0.25, 0.3) is 5.91 Å². The third-order valence-electron chi connectivity index (χ3n) is 3.93. The van der Waals surface area contributed by atoms with Crippen LogP contribution in [0.25, 0.3) is 11.0 Å². The van der Waals surface area contributed by atoms with Crippen molar-refractivity contribution in [2.75, 3.05) is 12.3 Å². The number of rotatable bonds is 6. The molecule has 3 aromatic rings. The molecule has 3 rings (SSSR count). The van der Waals surface area contributed by atoms with Gasteiger partial charge >= 0.3 is 0 Å². The number of fused-ring (bicyclic) bond motifs is 1. The molecule has 0 aromatic carbocycles. The van der Waals surface area contributed by atoms with Gasteiger partial charge in [-0.25, -0.2) is 4.98 Å². The van der Waals surface area contributed by atoms with Gasteiger partial charge in [0.2, 0.25) is 5.43 Å². The lowest BCUT2D eigenvalue weighted by molar-refractivity contribution is 0.0954. The number of nitrogens with one attached hydrogen (secondary N) is 1. The van der Waals surface area contributed by atoms with E-state index >= 15 is 0 Å². The number of aromatic nitrogens is 5. The van der Waals surface area contributed by atoms with E-state index in [-0.39, 0.29) is 16.9 Å². The first-order chi connectivity index (χ1) is 12.5. The number of amides is 1. The van der Waals surface area contributed by atoms with Gasteiger partial charge in [0.05, 0.1) is 5.39 Å². The topological polar surface area (TPSA) is 94.7 Å². The molecular formula is C17H20N6O2S. The van der Waals surface area contributed by atoms with Gasteiger partial charge < -0.3 is 14.5 Å². The van der Waals surface area contributed by atoms with Crippen molar-refractivity contribution in [3.05, 3.63) is 46.1 Å². The highest BCUT2D eigenvalue weighted by Gasteiger charge is 2.15. The molecule has 3 heterocycles. The van der Waals surface area contributed by atoms with Crippen LogP contribution in [-0.4, -0.2) is 42.5 Å². The van der Waals surface area contributed by atoms with Gasteiger partial charge in [-0.3, -0.25) is 9.59 Å². The Labute approximate surface area is 154 Å². The number of carbonyl (C=O) groups is 1. The van der Waals surface area contributed by atoms with Crippen LogP contribution >= 0.6 is 11.8 Å². The second-order valence-corrected chi connectivity index (χ2v) is 6.87. The Morgan fingerprint density at radius 1 is 1.35 bits per heavy atom. The lowest BCUT2D eigenvalue weighted by atomic mass is 10.1. The van der Waals surface area contributed by atoms with E-state index in [2.05, 4.69) is 20.5 Å². The maximum atomic E-state index is 12.7. The first-order valence-electron chi connectivity index (χ1n) is 8.27. The summed E-state index contributed by atoms with van der Waals surface area (Å²) in [5.74, 6) is 0.257. The van der Waals surface area contributed by atoms with E-state index in [1.54, 1.807) is 24.7 Å². The summed E-state index contributed by atoms with van der Waals surface area (Å²) < 4.78 is 3.64. The molecule has 0 aliphatic carbocycles. The monoisotopic (exact) mass is 372 g/mol. The Morgan fingerprint density at radius 3 is 2.85 bits per heavy atom. The highest BCUT2D eigenvalue weighted by Crippen LogP contribution is 2.13. The summed E-state index contributed by atoms with van der Waals surface area (Å²) in [5, 5.41) is 11.8. The van der Waals surface area contributed by atoms with E-state index in [9.17, 15) is 9.59 Å². The maximum Gasteiger partial charge on any atom is 0.256 e. The summed E-state index contributed by atoms with van der Waals surface area (Å²) in [7, 11) is 1.86. The van der Waals surface area contributed by atoms with E-state index < -0.39 is 0 Å². The van der Waals surface area contributed by atoms with Gasteiger partial charge in [0, 0.05) is 37.8 Å². The maximum absolute atomic E-state index is 12.7. The number of aryl methyl sites for hydroxylation is 3. The Balaban J connectivity index is 1.75. The number of hydrogen-bond acceptors (Lipinski definition) is 6. The highest BCUT2D eigenvalue weighted by molar-refractivity contribution is 7.99. The lowest BCUT2D eigenvalue weighted by Gasteiger charge is -2.11. The van der Waals surface area contributed by atoms with Crippen LogP contribution in [0.2, 0.25) is 0 Å². The second-order valence-electron chi connectivity index (χ2n) is 5.81. The van der Waals surface area contributed by atoms with Crippen LogP contribution < -0.4 is 10.7 Å². The minimum Gasteiger partial charge on any atom is -0.351 e. The van der Waals surface area contributed by atoms with Crippen molar-refractivity contribution < 1.29 is 4.79 Å². The van der Waals surface area contributed by atoms with E-state index in [0.717, 1.165) is 10.9 Å². The van der Waals surface area contributed by atoms with E-state index in [0.29, 0.717) is 29.9 Å². The summed E-state index contributed by atoms with van der Waals surface area (Å²) >= 11 is 1.49.